The summed E-state index contributed by atoms with van der Waals surface area (Å²) in [7, 11) is 0. The van der Waals surface area contributed by atoms with Crippen LogP contribution in [0.15, 0.2) is 86.0 Å². The molecule has 8 heteroatoms. The third-order valence-electron chi connectivity index (χ3n) is 6.62. The van der Waals surface area contributed by atoms with Crippen molar-refractivity contribution >= 4 is 56.1 Å². The Bertz CT molecular complexity index is 1840. The first-order chi connectivity index (χ1) is 18.5. The average molecular weight is 501 g/mol. The van der Waals surface area contributed by atoms with E-state index in [1.807, 2.05) is 74.5 Å². The molecule has 3 aromatic carbocycles. The lowest BCUT2D eigenvalue weighted by atomic mass is 10.2. The van der Waals surface area contributed by atoms with Crippen molar-refractivity contribution in [2.75, 3.05) is 10.6 Å². The molecule has 8 nitrogen and oxygen atoms in total. The predicted molar refractivity (Wildman–Crippen MR) is 155 cm³/mol. The van der Waals surface area contributed by atoms with Gasteiger partial charge in [0.05, 0.1) is 27.6 Å². The summed E-state index contributed by atoms with van der Waals surface area (Å²) in [4.78, 5) is 19.0. The molecule has 0 aliphatic rings. The van der Waals surface area contributed by atoms with Crippen molar-refractivity contribution in [1.29, 1.82) is 0 Å². The molecule has 6 rings (SSSR count). The van der Waals surface area contributed by atoms with Crippen molar-refractivity contribution in [3.05, 3.63) is 97.6 Å². The molecule has 0 atom stereocenters. The largest absolute Gasteiger partial charge is 0.339 e. The number of imidazole rings is 2. The molecule has 0 amide bonds. The molecule has 0 aliphatic heterocycles. The normalized spacial score (nSPS) is 11.3. The van der Waals surface area contributed by atoms with Gasteiger partial charge in [-0.2, -0.15) is 4.98 Å². The van der Waals surface area contributed by atoms with Gasteiger partial charge in [0.25, 0.3) is 0 Å². The van der Waals surface area contributed by atoms with Gasteiger partial charge in [0.2, 0.25) is 5.95 Å². The molecule has 0 saturated carbocycles. The minimum absolute atomic E-state index is 0.505. The molecule has 0 bridgehead atoms. The number of benzene rings is 3. The summed E-state index contributed by atoms with van der Waals surface area (Å²) in [6.07, 6.45) is 3.76. The van der Waals surface area contributed by atoms with Gasteiger partial charge in [-0.05, 0) is 62.4 Å². The summed E-state index contributed by atoms with van der Waals surface area (Å²) in [5.74, 6) is 3.13. The van der Waals surface area contributed by atoms with E-state index in [1.165, 1.54) is 0 Å². The lowest BCUT2D eigenvalue weighted by Gasteiger charge is -2.13. The molecular weight excluding hydrogens is 472 g/mol. The van der Waals surface area contributed by atoms with Crippen LogP contribution in [-0.2, 0) is 13.1 Å². The Morgan fingerprint density at radius 2 is 1.26 bits per heavy atom. The number of hydrogen-bond donors (Lipinski definition) is 2. The van der Waals surface area contributed by atoms with Crippen LogP contribution in [-0.4, -0.2) is 29.1 Å². The number of aromatic nitrogens is 6. The number of rotatable bonds is 8. The van der Waals surface area contributed by atoms with Crippen molar-refractivity contribution in [3.8, 4) is 0 Å². The van der Waals surface area contributed by atoms with Crippen LogP contribution in [0.1, 0.15) is 11.6 Å². The van der Waals surface area contributed by atoms with Gasteiger partial charge in [0.15, 0.2) is 0 Å². The second-order valence-corrected chi connectivity index (χ2v) is 9.19. The molecule has 188 valence electrons. The average Bonchev–Trinajstić information content (AvgIpc) is 3.39. The topological polar surface area (TPSA) is 85.5 Å². The molecule has 0 saturated heterocycles. The smallest absolute Gasteiger partial charge is 0.229 e. The molecule has 0 fully saturated rings. The van der Waals surface area contributed by atoms with Crippen molar-refractivity contribution in [3.63, 3.8) is 0 Å². The fourth-order valence-electron chi connectivity index (χ4n) is 4.85. The molecule has 38 heavy (non-hydrogen) atoms. The number of nitrogens with zero attached hydrogens (tertiary/aromatic N) is 6. The van der Waals surface area contributed by atoms with Crippen LogP contribution in [0.3, 0.4) is 0 Å². The Labute approximate surface area is 220 Å². The van der Waals surface area contributed by atoms with Crippen molar-refractivity contribution < 1.29 is 0 Å². The maximum Gasteiger partial charge on any atom is 0.229 e. The highest BCUT2D eigenvalue weighted by Crippen LogP contribution is 2.29. The van der Waals surface area contributed by atoms with Crippen LogP contribution in [0.25, 0.3) is 33.0 Å². The number of anilines is 4. The monoisotopic (exact) mass is 500 g/mol. The number of nitrogens with one attached hydrogen (secondary N) is 2. The second-order valence-electron chi connectivity index (χ2n) is 9.19. The van der Waals surface area contributed by atoms with Gasteiger partial charge < -0.3 is 19.8 Å². The highest BCUT2D eigenvalue weighted by molar-refractivity contribution is 5.93. The SMILES string of the molecule is C=CCn1c(C)nc2ccc(Nc3nc(Nc4ccc5nc(C)n(CC=C)c5c4)c4ccccc4n3)cc21. The van der Waals surface area contributed by atoms with Crippen molar-refractivity contribution in [2.24, 2.45) is 0 Å². The first-order valence-electron chi connectivity index (χ1n) is 12.5. The van der Waals surface area contributed by atoms with E-state index in [2.05, 4.69) is 55.0 Å². The zero-order valence-corrected chi connectivity index (χ0v) is 21.4. The summed E-state index contributed by atoms with van der Waals surface area (Å²) in [5, 5.41) is 7.85. The highest BCUT2D eigenvalue weighted by Gasteiger charge is 2.12. The minimum atomic E-state index is 0.505. The van der Waals surface area contributed by atoms with Gasteiger partial charge in [-0.3, -0.25) is 0 Å². The molecule has 2 N–H and O–H groups in total. The molecule has 0 radical (unpaired) electrons. The molecule has 0 aliphatic carbocycles. The van der Waals surface area contributed by atoms with Crippen LogP contribution in [0.2, 0.25) is 0 Å². The Morgan fingerprint density at radius 1 is 0.684 bits per heavy atom. The number of aryl methyl sites for hydroxylation is 2. The minimum Gasteiger partial charge on any atom is -0.339 e. The quantitative estimate of drug-likeness (QED) is 0.223. The molecule has 0 spiro atoms. The van der Waals surface area contributed by atoms with E-state index in [9.17, 15) is 0 Å². The highest BCUT2D eigenvalue weighted by atomic mass is 15.2. The molecule has 6 aromatic rings. The number of para-hydroxylation sites is 1. The Hall–Kier alpha value is -4.98. The first kappa shape index (κ1) is 23.4. The summed E-state index contributed by atoms with van der Waals surface area (Å²) < 4.78 is 4.28. The Kier molecular flexibility index (Phi) is 5.84. The van der Waals surface area contributed by atoms with E-state index in [0.717, 1.165) is 61.8 Å². The second kappa shape index (κ2) is 9.48. The third kappa shape index (κ3) is 4.16. The van der Waals surface area contributed by atoms with Crippen LogP contribution in [0.5, 0.6) is 0 Å². The standard InChI is InChI=1S/C30H28N8/c1-5-15-37-19(3)31-25-13-11-21(17-27(25)37)33-29-23-9-7-8-10-24(23)35-30(36-29)34-22-12-14-26-28(18-22)38(16-6-2)20(4)32-26/h5-14,17-18H,1-2,15-16H2,3-4H3,(H2,33,34,35,36). The van der Waals surface area contributed by atoms with E-state index in [-0.39, 0.29) is 0 Å². The van der Waals surface area contributed by atoms with Crippen molar-refractivity contribution in [2.45, 2.75) is 26.9 Å². The maximum absolute atomic E-state index is 4.87. The summed E-state index contributed by atoms with van der Waals surface area (Å²) in [6.45, 7) is 13.2. The number of allylic oxidation sites excluding steroid dienone is 2. The lowest BCUT2D eigenvalue weighted by Crippen LogP contribution is -2.03. The number of hydrogen-bond acceptors (Lipinski definition) is 6. The molecule has 0 unspecified atom stereocenters. The molecular formula is C30H28N8. The zero-order chi connectivity index (χ0) is 26.2. The Balaban J connectivity index is 1.38. The van der Waals surface area contributed by atoms with E-state index >= 15 is 0 Å². The van der Waals surface area contributed by atoms with E-state index < -0.39 is 0 Å². The van der Waals surface area contributed by atoms with Crippen LogP contribution in [0.4, 0.5) is 23.1 Å². The van der Waals surface area contributed by atoms with E-state index in [0.29, 0.717) is 19.0 Å². The lowest BCUT2D eigenvalue weighted by molar-refractivity contribution is 0.808. The first-order valence-corrected chi connectivity index (χ1v) is 12.5. The summed E-state index contributed by atoms with van der Waals surface area (Å²) in [5.41, 5.74) is 6.62. The maximum atomic E-state index is 4.87. The Morgan fingerprint density at radius 3 is 1.87 bits per heavy atom. The molecule has 3 aromatic heterocycles. The van der Waals surface area contributed by atoms with E-state index in [4.69, 9.17) is 9.97 Å². The third-order valence-corrected chi connectivity index (χ3v) is 6.62. The van der Waals surface area contributed by atoms with Gasteiger partial charge in [0.1, 0.15) is 17.5 Å². The van der Waals surface area contributed by atoms with Gasteiger partial charge >= 0.3 is 0 Å². The van der Waals surface area contributed by atoms with Gasteiger partial charge in [0, 0.05) is 29.9 Å². The fraction of sp³-hybridized carbons (Fsp3) is 0.133. The van der Waals surface area contributed by atoms with Crippen molar-refractivity contribution in [1.82, 2.24) is 29.1 Å². The summed E-state index contributed by atoms with van der Waals surface area (Å²) >= 11 is 0. The molecule has 3 heterocycles. The van der Waals surface area contributed by atoms with Gasteiger partial charge in [-0.1, -0.05) is 24.3 Å². The van der Waals surface area contributed by atoms with Gasteiger partial charge in [-0.25, -0.2) is 15.0 Å². The van der Waals surface area contributed by atoms with Gasteiger partial charge in [-0.15, -0.1) is 13.2 Å². The van der Waals surface area contributed by atoms with E-state index in [1.54, 1.807) is 0 Å². The van der Waals surface area contributed by atoms with Crippen LogP contribution < -0.4 is 10.6 Å². The zero-order valence-electron chi connectivity index (χ0n) is 21.4. The van der Waals surface area contributed by atoms with Crippen LogP contribution >= 0.6 is 0 Å². The predicted octanol–water partition coefficient (Wildman–Crippen LogP) is 6.81. The number of fused-ring (bicyclic) bond motifs is 3. The van der Waals surface area contributed by atoms with Crippen LogP contribution in [0, 0.1) is 13.8 Å². The fourth-order valence-corrected chi connectivity index (χ4v) is 4.85. The summed E-state index contributed by atoms with van der Waals surface area (Å²) in [6, 6.07) is 20.2.